The van der Waals surface area contributed by atoms with E-state index < -0.39 is 0 Å². The second kappa shape index (κ2) is 5.75. The van der Waals surface area contributed by atoms with Crippen LogP contribution in [0.3, 0.4) is 0 Å². The summed E-state index contributed by atoms with van der Waals surface area (Å²) in [7, 11) is 0. The van der Waals surface area contributed by atoms with Crippen LogP contribution in [0, 0.1) is 0 Å². The third-order valence-electron chi connectivity index (χ3n) is 3.58. The van der Waals surface area contributed by atoms with E-state index in [0.717, 1.165) is 24.3 Å². The highest BCUT2D eigenvalue weighted by molar-refractivity contribution is 7.09. The lowest BCUT2D eigenvalue weighted by molar-refractivity contribution is -0.136. The predicted octanol–water partition coefficient (Wildman–Crippen LogP) is 2.48. The molecule has 0 unspecified atom stereocenters. The highest BCUT2D eigenvalue weighted by atomic mass is 32.1. The van der Waals surface area contributed by atoms with Crippen molar-refractivity contribution in [2.45, 2.75) is 44.8 Å². The molecule has 0 radical (unpaired) electrons. The monoisotopic (exact) mass is 290 g/mol. The van der Waals surface area contributed by atoms with Gasteiger partial charge in [0.2, 0.25) is 5.91 Å². The van der Waals surface area contributed by atoms with Crippen molar-refractivity contribution in [3.8, 4) is 0 Å². The van der Waals surface area contributed by atoms with Gasteiger partial charge in [0.25, 0.3) is 0 Å². The molecule has 1 atom stereocenters. The Hall–Kier alpha value is -1.69. The summed E-state index contributed by atoms with van der Waals surface area (Å²) in [5.41, 5.74) is 0. The third kappa shape index (κ3) is 2.75. The predicted molar refractivity (Wildman–Crippen MR) is 77.2 cm³/mol. The molecule has 5 nitrogen and oxygen atoms in total. The lowest BCUT2D eigenvalue weighted by Crippen LogP contribution is -2.38. The van der Waals surface area contributed by atoms with E-state index in [0.29, 0.717) is 12.6 Å². The highest BCUT2D eigenvalue weighted by Crippen LogP contribution is 2.31. The molecule has 0 spiro atoms. The van der Waals surface area contributed by atoms with Crippen molar-refractivity contribution >= 4 is 17.2 Å². The second-order valence-electron chi connectivity index (χ2n) is 5.03. The molecule has 0 aliphatic heterocycles. The average Bonchev–Trinajstić information content (AvgIpc) is 2.94. The standard InChI is InChI=1S/C14H18N4OS/c1-2-12(18-8-3-6-16-18)14(19)17(11-4-5-11)10-13-15-7-9-20-13/h3,6-9,11-12H,2,4-5,10H2,1H3/t12-/m0/s1. The molecule has 2 aromatic heterocycles. The number of amides is 1. The zero-order valence-electron chi connectivity index (χ0n) is 11.5. The molecule has 6 heteroatoms. The van der Waals surface area contributed by atoms with Gasteiger partial charge in [-0.2, -0.15) is 5.10 Å². The first kappa shape index (κ1) is 13.3. The summed E-state index contributed by atoms with van der Waals surface area (Å²) < 4.78 is 1.76. The van der Waals surface area contributed by atoms with Crippen LogP contribution in [0.1, 0.15) is 37.2 Å². The minimum absolute atomic E-state index is 0.161. The quantitative estimate of drug-likeness (QED) is 0.821. The van der Waals surface area contributed by atoms with Gasteiger partial charge >= 0.3 is 0 Å². The van der Waals surface area contributed by atoms with Gasteiger partial charge in [-0.1, -0.05) is 6.92 Å². The van der Waals surface area contributed by atoms with Gasteiger partial charge < -0.3 is 4.90 Å². The van der Waals surface area contributed by atoms with Crippen LogP contribution >= 0.6 is 11.3 Å². The number of carbonyl (C=O) groups excluding carboxylic acids is 1. The highest BCUT2D eigenvalue weighted by Gasteiger charge is 2.36. The molecule has 2 aromatic rings. The Balaban J connectivity index is 1.78. The molecular weight excluding hydrogens is 272 g/mol. The minimum atomic E-state index is -0.203. The van der Waals surface area contributed by atoms with E-state index in [9.17, 15) is 4.79 Å². The molecule has 2 heterocycles. The number of hydrogen-bond donors (Lipinski definition) is 0. The van der Waals surface area contributed by atoms with Gasteiger partial charge in [0.05, 0.1) is 6.54 Å². The molecule has 0 saturated heterocycles. The van der Waals surface area contributed by atoms with Gasteiger partial charge in [-0.3, -0.25) is 9.48 Å². The Kier molecular flexibility index (Phi) is 3.82. The summed E-state index contributed by atoms with van der Waals surface area (Å²) >= 11 is 1.60. The fourth-order valence-electron chi connectivity index (χ4n) is 2.38. The van der Waals surface area contributed by atoms with Crippen molar-refractivity contribution in [2.75, 3.05) is 0 Å². The zero-order chi connectivity index (χ0) is 13.9. The first-order valence-corrected chi connectivity index (χ1v) is 7.85. The van der Waals surface area contributed by atoms with E-state index in [-0.39, 0.29) is 11.9 Å². The van der Waals surface area contributed by atoms with Crippen molar-refractivity contribution in [3.05, 3.63) is 35.0 Å². The minimum Gasteiger partial charge on any atom is -0.331 e. The Morgan fingerprint density at radius 1 is 1.55 bits per heavy atom. The van der Waals surface area contributed by atoms with E-state index in [1.54, 1.807) is 28.4 Å². The van der Waals surface area contributed by atoms with Crippen LogP contribution in [0.4, 0.5) is 0 Å². The van der Waals surface area contributed by atoms with Gasteiger partial charge in [0.1, 0.15) is 11.0 Å². The van der Waals surface area contributed by atoms with E-state index in [2.05, 4.69) is 10.1 Å². The topological polar surface area (TPSA) is 51.0 Å². The summed E-state index contributed by atoms with van der Waals surface area (Å²) in [5.74, 6) is 0.161. The van der Waals surface area contributed by atoms with Crippen LogP contribution in [-0.4, -0.2) is 31.6 Å². The summed E-state index contributed by atoms with van der Waals surface area (Å²) in [6, 6.07) is 2.04. The maximum atomic E-state index is 12.8. The van der Waals surface area contributed by atoms with Crippen LogP contribution in [0.2, 0.25) is 0 Å². The number of rotatable bonds is 6. The fourth-order valence-corrected chi connectivity index (χ4v) is 3.00. The van der Waals surface area contributed by atoms with Gasteiger partial charge in [0.15, 0.2) is 0 Å². The molecule has 106 valence electrons. The summed E-state index contributed by atoms with van der Waals surface area (Å²) in [4.78, 5) is 19.1. The van der Waals surface area contributed by atoms with Crippen molar-refractivity contribution in [1.82, 2.24) is 19.7 Å². The van der Waals surface area contributed by atoms with Crippen LogP contribution in [0.15, 0.2) is 30.0 Å². The number of hydrogen-bond acceptors (Lipinski definition) is 4. The first-order chi connectivity index (χ1) is 9.79. The van der Waals surface area contributed by atoms with Gasteiger partial charge in [-0.25, -0.2) is 4.98 Å². The van der Waals surface area contributed by atoms with E-state index in [1.165, 1.54) is 0 Å². The molecule has 0 N–H and O–H groups in total. The Bertz CT molecular complexity index is 548. The molecular formula is C14H18N4OS. The number of aromatic nitrogens is 3. The molecule has 3 rings (SSSR count). The van der Waals surface area contributed by atoms with Gasteiger partial charge in [0, 0.05) is 30.0 Å². The third-order valence-corrected chi connectivity index (χ3v) is 4.34. The van der Waals surface area contributed by atoms with Crippen molar-refractivity contribution in [3.63, 3.8) is 0 Å². The van der Waals surface area contributed by atoms with Crippen molar-refractivity contribution in [2.24, 2.45) is 0 Å². The van der Waals surface area contributed by atoms with E-state index in [1.807, 2.05) is 29.5 Å². The normalized spacial score (nSPS) is 16.1. The molecule has 1 aliphatic carbocycles. The van der Waals surface area contributed by atoms with Crippen molar-refractivity contribution < 1.29 is 4.79 Å². The van der Waals surface area contributed by atoms with Crippen LogP contribution < -0.4 is 0 Å². The van der Waals surface area contributed by atoms with E-state index in [4.69, 9.17) is 0 Å². The average molecular weight is 290 g/mol. The van der Waals surface area contributed by atoms with Crippen LogP contribution in [-0.2, 0) is 11.3 Å². The number of carbonyl (C=O) groups is 1. The number of nitrogens with zero attached hydrogens (tertiary/aromatic N) is 4. The van der Waals surface area contributed by atoms with Gasteiger partial charge in [-0.05, 0) is 25.3 Å². The molecule has 1 amide bonds. The Morgan fingerprint density at radius 2 is 2.40 bits per heavy atom. The van der Waals surface area contributed by atoms with Crippen LogP contribution in [0.25, 0.3) is 0 Å². The maximum Gasteiger partial charge on any atom is 0.248 e. The number of thiazole rings is 1. The molecule has 1 saturated carbocycles. The molecule has 0 bridgehead atoms. The zero-order valence-corrected chi connectivity index (χ0v) is 12.3. The van der Waals surface area contributed by atoms with Crippen LogP contribution in [0.5, 0.6) is 0 Å². The molecule has 0 aromatic carbocycles. The summed E-state index contributed by atoms with van der Waals surface area (Å²) in [5, 5.41) is 7.18. The lowest BCUT2D eigenvalue weighted by atomic mass is 10.2. The Labute approximate surface area is 122 Å². The summed E-state index contributed by atoms with van der Waals surface area (Å²) in [6.45, 7) is 2.65. The largest absolute Gasteiger partial charge is 0.331 e. The molecule has 1 aliphatic rings. The SMILES string of the molecule is CC[C@@H](C(=O)N(Cc1nccs1)C1CC1)n1cccn1. The lowest BCUT2D eigenvalue weighted by Gasteiger charge is -2.26. The first-order valence-electron chi connectivity index (χ1n) is 6.97. The fraction of sp³-hybridized carbons (Fsp3) is 0.500. The van der Waals surface area contributed by atoms with E-state index >= 15 is 0 Å². The molecule has 20 heavy (non-hydrogen) atoms. The summed E-state index contributed by atoms with van der Waals surface area (Å²) in [6.07, 6.45) is 8.33. The molecule has 1 fully saturated rings. The van der Waals surface area contributed by atoms with Crippen molar-refractivity contribution in [1.29, 1.82) is 0 Å². The smallest absolute Gasteiger partial charge is 0.248 e. The Morgan fingerprint density at radius 3 is 2.95 bits per heavy atom. The maximum absolute atomic E-state index is 12.8. The van der Waals surface area contributed by atoms with Gasteiger partial charge in [-0.15, -0.1) is 11.3 Å². The second-order valence-corrected chi connectivity index (χ2v) is 6.01.